The standard InChI is InChI=1S/C26H33FN2O3/c1-18(2)32-24-10-6-19(7-11-24)12-25(30)29(13-20-4-8-23(27)9-5-20)26-21-14-28(3)15-22(26)17-31-16-21/h4-11,18,21-22,26H,12-17H2,1-3H3/t21-,22+,26-. The van der Waals surface area contributed by atoms with Gasteiger partial charge in [-0.2, -0.15) is 0 Å². The number of likely N-dealkylation sites (tertiary alicyclic amines) is 1. The number of ether oxygens (including phenoxy) is 2. The first-order valence-corrected chi connectivity index (χ1v) is 11.4. The van der Waals surface area contributed by atoms with Crippen LogP contribution in [0.5, 0.6) is 5.75 Å². The maximum absolute atomic E-state index is 13.6. The molecular formula is C26H33FN2O3. The molecule has 0 radical (unpaired) electrons. The van der Waals surface area contributed by atoms with E-state index in [1.54, 1.807) is 12.1 Å². The number of halogens is 1. The number of piperidine rings is 1. The van der Waals surface area contributed by atoms with Crippen molar-refractivity contribution in [3.63, 3.8) is 0 Å². The predicted octanol–water partition coefficient (Wildman–Crippen LogP) is 3.76. The molecule has 0 spiro atoms. The van der Waals surface area contributed by atoms with Crippen molar-refractivity contribution < 1.29 is 18.7 Å². The average molecular weight is 441 g/mol. The summed E-state index contributed by atoms with van der Waals surface area (Å²) in [5, 5.41) is 0. The van der Waals surface area contributed by atoms with Crippen molar-refractivity contribution in [3.05, 3.63) is 65.5 Å². The fourth-order valence-electron chi connectivity index (χ4n) is 5.04. The molecule has 4 rings (SSSR count). The number of carbonyl (C=O) groups excluding carboxylic acids is 1. The van der Waals surface area contributed by atoms with Gasteiger partial charge in [0.2, 0.25) is 5.91 Å². The van der Waals surface area contributed by atoms with Crippen LogP contribution in [0.25, 0.3) is 0 Å². The first-order chi connectivity index (χ1) is 15.4. The van der Waals surface area contributed by atoms with Gasteiger partial charge in [-0.05, 0) is 56.3 Å². The molecular weight excluding hydrogens is 407 g/mol. The number of fused-ring (bicyclic) bond motifs is 2. The number of rotatable bonds is 7. The first-order valence-electron chi connectivity index (χ1n) is 11.4. The van der Waals surface area contributed by atoms with E-state index in [1.165, 1.54) is 12.1 Å². The van der Waals surface area contributed by atoms with E-state index < -0.39 is 0 Å². The lowest BCUT2D eigenvalue weighted by Crippen LogP contribution is -2.61. The van der Waals surface area contributed by atoms with Gasteiger partial charge in [0, 0.05) is 37.5 Å². The lowest BCUT2D eigenvalue weighted by molar-refractivity contribution is -0.148. The summed E-state index contributed by atoms with van der Waals surface area (Å²) in [5.74, 6) is 1.19. The number of nitrogens with zero attached hydrogens (tertiary/aromatic N) is 2. The summed E-state index contributed by atoms with van der Waals surface area (Å²) in [6.45, 7) is 7.63. The van der Waals surface area contributed by atoms with E-state index in [-0.39, 0.29) is 35.7 Å². The fraction of sp³-hybridized carbons (Fsp3) is 0.500. The summed E-state index contributed by atoms with van der Waals surface area (Å²) in [4.78, 5) is 18.0. The SMILES string of the molecule is CC(C)Oc1ccc(CC(=O)N(Cc2ccc(F)cc2)[C@H]2[C@@H]3COC[C@H]2CN(C)C3)cc1. The van der Waals surface area contributed by atoms with Crippen LogP contribution in [-0.4, -0.2) is 61.2 Å². The van der Waals surface area contributed by atoms with Crippen molar-refractivity contribution in [3.8, 4) is 5.75 Å². The summed E-state index contributed by atoms with van der Waals surface area (Å²) >= 11 is 0. The normalized spacial score (nSPS) is 23.2. The first kappa shape index (κ1) is 22.7. The Hall–Kier alpha value is -2.44. The van der Waals surface area contributed by atoms with Crippen molar-refractivity contribution in [2.24, 2.45) is 11.8 Å². The van der Waals surface area contributed by atoms with Gasteiger partial charge in [-0.3, -0.25) is 4.79 Å². The van der Waals surface area contributed by atoms with Gasteiger partial charge in [0.05, 0.1) is 25.7 Å². The van der Waals surface area contributed by atoms with Crippen LogP contribution in [0, 0.1) is 17.7 Å². The molecule has 2 bridgehead atoms. The maximum Gasteiger partial charge on any atom is 0.227 e. The summed E-state index contributed by atoms with van der Waals surface area (Å²) in [6, 6.07) is 14.4. The zero-order chi connectivity index (χ0) is 22.7. The topological polar surface area (TPSA) is 42.0 Å². The highest BCUT2D eigenvalue weighted by atomic mass is 19.1. The molecule has 1 amide bonds. The van der Waals surface area contributed by atoms with Crippen LogP contribution in [-0.2, 0) is 22.5 Å². The molecule has 172 valence electrons. The summed E-state index contributed by atoms with van der Waals surface area (Å²) in [5.41, 5.74) is 1.91. The molecule has 32 heavy (non-hydrogen) atoms. The highest BCUT2D eigenvalue weighted by Crippen LogP contribution is 2.32. The van der Waals surface area contributed by atoms with Gasteiger partial charge in [-0.25, -0.2) is 4.39 Å². The molecule has 0 N–H and O–H groups in total. The quantitative estimate of drug-likeness (QED) is 0.658. The average Bonchev–Trinajstić information content (AvgIpc) is 2.74. The molecule has 2 aliphatic heterocycles. The lowest BCUT2D eigenvalue weighted by atomic mass is 9.81. The highest BCUT2D eigenvalue weighted by Gasteiger charge is 2.43. The summed E-state index contributed by atoms with van der Waals surface area (Å²) in [7, 11) is 2.13. The Bertz CT molecular complexity index is 886. The fourth-order valence-corrected chi connectivity index (χ4v) is 5.04. The molecule has 0 saturated carbocycles. The van der Waals surface area contributed by atoms with Gasteiger partial charge < -0.3 is 19.3 Å². The van der Waals surface area contributed by atoms with Crippen LogP contribution in [0.15, 0.2) is 48.5 Å². The van der Waals surface area contributed by atoms with Crippen molar-refractivity contribution in [2.45, 2.75) is 39.0 Å². The monoisotopic (exact) mass is 440 g/mol. The molecule has 6 heteroatoms. The second-order valence-electron chi connectivity index (χ2n) is 9.40. The van der Waals surface area contributed by atoms with Crippen molar-refractivity contribution in [2.75, 3.05) is 33.4 Å². The maximum atomic E-state index is 13.6. The largest absolute Gasteiger partial charge is 0.491 e. The summed E-state index contributed by atoms with van der Waals surface area (Å²) < 4.78 is 25.0. The molecule has 2 fully saturated rings. The van der Waals surface area contributed by atoms with Crippen molar-refractivity contribution in [1.29, 1.82) is 0 Å². The molecule has 5 nitrogen and oxygen atoms in total. The minimum Gasteiger partial charge on any atom is -0.491 e. The van der Waals surface area contributed by atoms with E-state index in [0.29, 0.717) is 26.2 Å². The Balaban J connectivity index is 1.55. The highest BCUT2D eigenvalue weighted by molar-refractivity contribution is 5.79. The third-order valence-corrected chi connectivity index (χ3v) is 6.32. The Kier molecular flexibility index (Phi) is 7.11. The van der Waals surface area contributed by atoms with E-state index in [4.69, 9.17) is 9.47 Å². The van der Waals surface area contributed by atoms with Crippen molar-refractivity contribution in [1.82, 2.24) is 9.80 Å². The van der Waals surface area contributed by atoms with Gasteiger partial charge in [0.1, 0.15) is 11.6 Å². The Morgan fingerprint density at radius 2 is 1.66 bits per heavy atom. The second kappa shape index (κ2) is 10.0. The Morgan fingerprint density at radius 3 is 2.25 bits per heavy atom. The molecule has 2 aliphatic rings. The smallest absolute Gasteiger partial charge is 0.227 e. The Labute approximate surface area is 190 Å². The second-order valence-corrected chi connectivity index (χ2v) is 9.40. The number of hydrogen-bond acceptors (Lipinski definition) is 4. The van der Waals surface area contributed by atoms with Gasteiger partial charge in [0.25, 0.3) is 0 Å². The third kappa shape index (κ3) is 5.48. The third-order valence-electron chi connectivity index (χ3n) is 6.32. The molecule has 0 aliphatic carbocycles. The van der Waals surface area contributed by atoms with Gasteiger partial charge in [-0.15, -0.1) is 0 Å². The minimum atomic E-state index is -0.264. The van der Waals surface area contributed by atoms with Gasteiger partial charge >= 0.3 is 0 Å². The van der Waals surface area contributed by atoms with Crippen LogP contribution in [0.1, 0.15) is 25.0 Å². The molecule has 2 heterocycles. The molecule has 0 unspecified atom stereocenters. The van der Waals surface area contributed by atoms with E-state index in [2.05, 4.69) is 11.9 Å². The zero-order valence-corrected chi connectivity index (χ0v) is 19.2. The number of amides is 1. The lowest BCUT2D eigenvalue weighted by Gasteiger charge is -2.50. The molecule has 3 atom stereocenters. The van der Waals surface area contributed by atoms with E-state index >= 15 is 0 Å². The van der Waals surface area contributed by atoms with Crippen molar-refractivity contribution >= 4 is 5.91 Å². The number of benzene rings is 2. The Morgan fingerprint density at radius 1 is 1.06 bits per heavy atom. The van der Waals surface area contributed by atoms with E-state index in [9.17, 15) is 9.18 Å². The van der Waals surface area contributed by atoms with Crippen LogP contribution < -0.4 is 4.74 Å². The van der Waals surface area contributed by atoms with Crippen LogP contribution in [0.4, 0.5) is 4.39 Å². The molecule has 2 aromatic rings. The number of carbonyl (C=O) groups is 1. The molecule has 0 aromatic heterocycles. The minimum absolute atomic E-state index is 0.0957. The summed E-state index contributed by atoms with van der Waals surface area (Å²) in [6.07, 6.45) is 0.440. The molecule has 2 saturated heterocycles. The number of hydrogen-bond donors (Lipinski definition) is 0. The van der Waals surface area contributed by atoms with Gasteiger partial charge in [-0.1, -0.05) is 24.3 Å². The van der Waals surface area contributed by atoms with Crippen LogP contribution >= 0.6 is 0 Å². The van der Waals surface area contributed by atoms with E-state index in [1.807, 2.05) is 43.0 Å². The van der Waals surface area contributed by atoms with Gasteiger partial charge in [0.15, 0.2) is 0 Å². The molecule has 2 aromatic carbocycles. The van der Waals surface area contributed by atoms with Crippen LogP contribution in [0.3, 0.4) is 0 Å². The van der Waals surface area contributed by atoms with Crippen LogP contribution in [0.2, 0.25) is 0 Å². The predicted molar refractivity (Wildman–Crippen MR) is 122 cm³/mol. The zero-order valence-electron chi connectivity index (χ0n) is 19.2. The van der Waals surface area contributed by atoms with E-state index in [0.717, 1.165) is 30.0 Å².